The average Bonchev–Trinajstić information content (AvgIpc) is 2.53. The fraction of sp³-hybridized carbons (Fsp3) is 0.273. The van der Waals surface area contributed by atoms with Gasteiger partial charge in [0, 0.05) is 17.7 Å². The predicted molar refractivity (Wildman–Crippen MR) is 65.9 cm³/mol. The zero-order valence-electron chi connectivity index (χ0n) is 9.51. The average molecular weight is 298 g/mol. The Morgan fingerprint density at radius 3 is 2.88 bits per heavy atom. The molecule has 0 aliphatic carbocycles. The van der Waals surface area contributed by atoms with E-state index in [4.69, 9.17) is 4.74 Å². The second-order valence-electron chi connectivity index (χ2n) is 3.59. The van der Waals surface area contributed by atoms with Gasteiger partial charge < -0.3 is 9.84 Å². The van der Waals surface area contributed by atoms with Gasteiger partial charge in [-0.1, -0.05) is 0 Å². The number of aliphatic hydroxyl groups is 1. The van der Waals surface area contributed by atoms with Gasteiger partial charge in [0.25, 0.3) is 0 Å². The maximum Gasteiger partial charge on any atom is 0.223 e. The minimum Gasteiger partial charge on any atom is -0.437 e. The Balaban J connectivity index is 2.36. The zero-order valence-corrected chi connectivity index (χ0v) is 11.1. The summed E-state index contributed by atoms with van der Waals surface area (Å²) in [5.74, 6) is 1.13. The Hall–Kier alpha value is -1.40. The summed E-state index contributed by atoms with van der Waals surface area (Å²) < 4.78 is 8.11. The van der Waals surface area contributed by atoms with Crippen LogP contribution in [0.1, 0.15) is 11.3 Å². The molecule has 2 heterocycles. The van der Waals surface area contributed by atoms with Gasteiger partial charge in [-0.25, -0.2) is 4.68 Å². The lowest BCUT2D eigenvalue weighted by atomic mass is 10.3. The van der Waals surface area contributed by atoms with E-state index in [0.29, 0.717) is 17.2 Å². The van der Waals surface area contributed by atoms with Gasteiger partial charge in [0.15, 0.2) is 0 Å². The number of hydrogen-bond acceptors (Lipinski definition) is 4. The summed E-state index contributed by atoms with van der Waals surface area (Å²) in [4.78, 5) is 4.01. The number of nitrogens with zero attached hydrogens (tertiary/aromatic N) is 3. The first kappa shape index (κ1) is 12.1. The van der Waals surface area contributed by atoms with Crippen LogP contribution in [-0.2, 0) is 13.7 Å². The highest BCUT2D eigenvalue weighted by molar-refractivity contribution is 9.10. The molecule has 1 N–H and O–H groups in total. The standard InChI is InChI=1S/C11H12BrN3O2/c1-7-10(6-16)11(15(2)14-7)17-9-3-8(12)4-13-5-9/h3-5,16H,6H2,1-2H3. The van der Waals surface area contributed by atoms with Crippen LogP contribution in [-0.4, -0.2) is 19.9 Å². The molecule has 2 aromatic rings. The van der Waals surface area contributed by atoms with Crippen molar-refractivity contribution in [3.8, 4) is 11.6 Å². The van der Waals surface area contributed by atoms with Crippen molar-refractivity contribution in [2.75, 3.05) is 0 Å². The molecule has 0 fully saturated rings. The minimum atomic E-state index is -0.101. The van der Waals surface area contributed by atoms with Crippen LogP contribution in [0.2, 0.25) is 0 Å². The van der Waals surface area contributed by atoms with Crippen molar-refractivity contribution in [1.82, 2.24) is 14.8 Å². The minimum absolute atomic E-state index is 0.101. The fourth-order valence-corrected chi connectivity index (χ4v) is 1.89. The van der Waals surface area contributed by atoms with Crippen LogP contribution in [0.5, 0.6) is 11.6 Å². The summed E-state index contributed by atoms with van der Waals surface area (Å²) in [7, 11) is 1.77. The van der Waals surface area contributed by atoms with Crippen LogP contribution >= 0.6 is 15.9 Å². The molecular formula is C11H12BrN3O2. The largest absolute Gasteiger partial charge is 0.437 e. The number of rotatable bonds is 3. The van der Waals surface area contributed by atoms with Gasteiger partial charge in [-0.15, -0.1) is 0 Å². The van der Waals surface area contributed by atoms with Crippen molar-refractivity contribution in [1.29, 1.82) is 0 Å². The maximum absolute atomic E-state index is 9.29. The van der Waals surface area contributed by atoms with Crippen LogP contribution < -0.4 is 4.74 Å². The molecule has 5 nitrogen and oxygen atoms in total. The van der Waals surface area contributed by atoms with Crippen LogP contribution in [0.25, 0.3) is 0 Å². The van der Waals surface area contributed by atoms with Crippen molar-refractivity contribution < 1.29 is 9.84 Å². The second-order valence-corrected chi connectivity index (χ2v) is 4.51. The molecule has 2 rings (SSSR count). The molecule has 0 aliphatic heterocycles. The number of aliphatic hydroxyl groups excluding tert-OH is 1. The summed E-state index contributed by atoms with van der Waals surface area (Å²) in [6, 6.07) is 1.80. The van der Waals surface area contributed by atoms with E-state index in [9.17, 15) is 5.11 Å². The Morgan fingerprint density at radius 2 is 2.24 bits per heavy atom. The molecule has 2 aromatic heterocycles. The lowest BCUT2D eigenvalue weighted by molar-refractivity contribution is 0.274. The fourth-order valence-electron chi connectivity index (χ4n) is 1.55. The molecule has 0 spiro atoms. The highest BCUT2D eigenvalue weighted by Gasteiger charge is 2.14. The first-order chi connectivity index (χ1) is 8.11. The van der Waals surface area contributed by atoms with Gasteiger partial charge in [-0.3, -0.25) is 4.98 Å². The molecule has 0 amide bonds. The molecule has 0 aliphatic rings. The van der Waals surface area contributed by atoms with Gasteiger partial charge in [0.1, 0.15) is 5.75 Å². The third kappa shape index (κ3) is 2.48. The molecule has 0 radical (unpaired) electrons. The third-order valence-electron chi connectivity index (χ3n) is 2.34. The number of ether oxygens (including phenoxy) is 1. The third-order valence-corrected chi connectivity index (χ3v) is 2.77. The summed E-state index contributed by atoms with van der Waals surface area (Å²) >= 11 is 3.32. The molecule has 90 valence electrons. The first-order valence-electron chi connectivity index (χ1n) is 5.03. The highest BCUT2D eigenvalue weighted by Crippen LogP contribution is 2.27. The Labute approximate surface area is 107 Å². The summed E-state index contributed by atoms with van der Waals surface area (Å²) in [5, 5.41) is 13.5. The number of hydrogen-bond donors (Lipinski definition) is 1. The van der Waals surface area contributed by atoms with Crippen molar-refractivity contribution in [2.45, 2.75) is 13.5 Å². The number of aromatic nitrogens is 3. The van der Waals surface area contributed by atoms with Crippen molar-refractivity contribution >= 4 is 15.9 Å². The van der Waals surface area contributed by atoms with Crippen LogP contribution in [0, 0.1) is 6.92 Å². The van der Waals surface area contributed by atoms with Crippen molar-refractivity contribution in [3.63, 3.8) is 0 Å². The van der Waals surface area contributed by atoms with E-state index in [1.54, 1.807) is 30.2 Å². The Bertz CT molecular complexity index is 540. The quantitative estimate of drug-likeness (QED) is 0.943. The summed E-state index contributed by atoms with van der Waals surface area (Å²) in [6.45, 7) is 1.73. The number of pyridine rings is 1. The molecule has 6 heteroatoms. The Kier molecular flexibility index (Phi) is 3.44. The van der Waals surface area contributed by atoms with Crippen LogP contribution in [0.3, 0.4) is 0 Å². The van der Waals surface area contributed by atoms with Gasteiger partial charge in [0.2, 0.25) is 5.88 Å². The normalized spacial score (nSPS) is 10.6. The van der Waals surface area contributed by atoms with E-state index < -0.39 is 0 Å². The monoisotopic (exact) mass is 297 g/mol. The van der Waals surface area contributed by atoms with Crippen molar-refractivity contribution in [2.24, 2.45) is 7.05 Å². The van der Waals surface area contributed by atoms with Gasteiger partial charge in [-0.05, 0) is 28.9 Å². The lowest BCUT2D eigenvalue weighted by Gasteiger charge is -2.07. The predicted octanol–water partition coefficient (Wildman–Crippen LogP) is 2.17. The second kappa shape index (κ2) is 4.85. The van der Waals surface area contributed by atoms with Crippen molar-refractivity contribution in [3.05, 3.63) is 34.2 Å². The van der Waals surface area contributed by atoms with E-state index in [-0.39, 0.29) is 6.61 Å². The summed E-state index contributed by atoms with van der Waals surface area (Å²) in [6.07, 6.45) is 3.28. The zero-order chi connectivity index (χ0) is 12.4. The molecule has 0 bridgehead atoms. The first-order valence-corrected chi connectivity index (χ1v) is 5.83. The van der Waals surface area contributed by atoms with Crippen LogP contribution in [0.4, 0.5) is 0 Å². The van der Waals surface area contributed by atoms with E-state index in [0.717, 1.165) is 10.2 Å². The molecule has 0 aromatic carbocycles. The number of aryl methyl sites for hydroxylation is 2. The summed E-state index contributed by atoms with van der Waals surface area (Å²) in [5.41, 5.74) is 1.44. The molecule has 0 atom stereocenters. The molecule has 17 heavy (non-hydrogen) atoms. The van der Waals surface area contributed by atoms with E-state index in [1.807, 2.05) is 6.92 Å². The SMILES string of the molecule is Cc1nn(C)c(Oc2cncc(Br)c2)c1CO. The molecule has 0 unspecified atom stereocenters. The number of halogens is 1. The van der Waals surface area contributed by atoms with Crippen LogP contribution in [0.15, 0.2) is 22.9 Å². The highest BCUT2D eigenvalue weighted by atomic mass is 79.9. The van der Waals surface area contributed by atoms with E-state index in [2.05, 4.69) is 26.0 Å². The van der Waals surface area contributed by atoms with E-state index >= 15 is 0 Å². The molecule has 0 saturated heterocycles. The van der Waals surface area contributed by atoms with Gasteiger partial charge >= 0.3 is 0 Å². The smallest absolute Gasteiger partial charge is 0.223 e. The van der Waals surface area contributed by atoms with Gasteiger partial charge in [-0.2, -0.15) is 5.10 Å². The molecular weight excluding hydrogens is 286 g/mol. The Morgan fingerprint density at radius 1 is 1.47 bits per heavy atom. The molecule has 0 saturated carbocycles. The topological polar surface area (TPSA) is 60.2 Å². The maximum atomic E-state index is 9.29. The lowest BCUT2D eigenvalue weighted by Crippen LogP contribution is -1.97. The van der Waals surface area contributed by atoms with Gasteiger partial charge in [0.05, 0.1) is 24.1 Å². The van der Waals surface area contributed by atoms with E-state index in [1.165, 1.54) is 0 Å².